The van der Waals surface area contributed by atoms with E-state index in [1.54, 1.807) is 18.2 Å². The summed E-state index contributed by atoms with van der Waals surface area (Å²) in [6, 6.07) is 4.97. The first-order valence-electron chi connectivity index (χ1n) is 5.71. The van der Waals surface area contributed by atoms with Crippen LogP contribution in [-0.4, -0.2) is 39.1 Å². The van der Waals surface area contributed by atoms with Crippen LogP contribution >= 0.6 is 0 Å². The normalized spacial score (nSPS) is 10.7. The van der Waals surface area contributed by atoms with E-state index < -0.39 is 0 Å². The zero-order valence-corrected chi connectivity index (χ0v) is 10.7. The minimum Gasteiger partial charge on any atom is -0.504 e. The van der Waals surface area contributed by atoms with E-state index in [1.807, 2.05) is 0 Å². The Labute approximate surface area is 114 Å². The number of ether oxygens (including phenoxy) is 1. The Kier molecular flexibility index (Phi) is 4.28. The Balaban J connectivity index is 1.95. The molecule has 1 heterocycles. The molecular formula is C12H13N5O3. The number of para-hydroxylation sites is 1. The number of nitrogens with zero attached hydrogens (tertiary/aromatic N) is 4. The number of hydrazone groups is 1. The van der Waals surface area contributed by atoms with Gasteiger partial charge in [-0.05, 0) is 12.1 Å². The molecule has 8 nitrogen and oxygen atoms in total. The van der Waals surface area contributed by atoms with Gasteiger partial charge in [0.25, 0.3) is 5.91 Å². The first kappa shape index (κ1) is 13.5. The molecule has 1 aromatic carbocycles. The number of hydrogen-bond donors (Lipinski definition) is 2. The predicted octanol–water partition coefficient (Wildman–Crippen LogP) is 0.143. The fraction of sp³-hybridized carbons (Fsp3) is 0.167. The third-order valence-corrected chi connectivity index (χ3v) is 2.42. The second kappa shape index (κ2) is 6.32. The number of phenols is 1. The second-order valence-corrected chi connectivity index (χ2v) is 3.78. The van der Waals surface area contributed by atoms with Gasteiger partial charge < -0.3 is 9.84 Å². The molecule has 0 saturated carbocycles. The van der Waals surface area contributed by atoms with E-state index in [9.17, 15) is 9.90 Å². The summed E-state index contributed by atoms with van der Waals surface area (Å²) in [4.78, 5) is 15.2. The van der Waals surface area contributed by atoms with Gasteiger partial charge in [0.05, 0.1) is 13.3 Å². The molecule has 20 heavy (non-hydrogen) atoms. The lowest BCUT2D eigenvalue weighted by Gasteiger charge is -2.05. The van der Waals surface area contributed by atoms with Gasteiger partial charge in [0.15, 0.2) is 11.5 Å². The van der Waals surface area contributed by atoms with Crippen LogP contribution in [0.1, 0.15) is 5.56 Å². The van der Waals surface area contributed by atoms with E-state index in [4.69, 9.17) is 4.74 Å². The van der Waals surface area contributed by atoms with Gasteiger partial charge in [-0.25, -0.2) is 15.1 Å². The summed E-state index contributed by atoms with van der Waals surface area (Å²) in [6.45, 7) is 0.0153. The molecule has 0 aliphatic rings. The number of rotatable bonds is 5. The molecular weight excluding hydrogens is 262 g/mol. The molecule has 1 amide bonds. The molecule has 104 valence electrons. The van der Waals surface area contributed by atoms with E-state index in [0.29, 0.717) is 11.3 Å². The summed E-state index contributed by atoms with van der Waals surface area (Å²) >= 11 is 0. The highest BCUT2D eigenvalue weighted by Gasteiger charge is 2.05. The van der Waals surface area contributed by atoms with Gasteiger partial charge in [-0.1, -0.05) is 6.07 Å². The van der Waals surface area contributed by atoms with Crippen molar-refractivity contribution in [2.75, 3.05) is 7.11 Å². The van der Waals surface area contributed by atoms with Gasteiger partial charge in [-0.2, -0.15) is 10.2 Å². The van der Waals surface area contributed by atoms with Crippen molar-refractivity contribution in [1.82, 2.24) is 20.2 Å². The molecule has 2 N–H and O–H groups in total. The summed E-state index contributed by atoms with van der Waals surface area (Å²) in [7, 11) is 1.45. The van der Waals surface area contributed by atoms with Crippen molar-refractivity contribution in [3.05, 3.63) is 36.4 Å². The fourth-order valence-corrected chi connectivity index (χ4v) is 1.48. The summed E-state index contributed by atoms with van der Waals surface area (Å²) in [5, 5.41) is 17.4. The van der Waals surface area contributed by atoms with Gasteiger partial charge in [-0.15, -0.1) is 0 Å². The summed E-state index contributed by atoms with van der Waals surface area (Å²) in [5.74, 6) is -0.0543. The smallest absolute Gasteiger partial charge is 0.261 e. The molecule has 0 fully saturated rings. The average molecular weight is 275 g/mol. The van der Waals surface area contributed by atoms with Crippen LogP contribution in [0, 0.1) is 0 Å². The third kappa shape index (κ3) is 3.31. The zero-order chi connectivity index (χ0) is 14.4. The minimum atomic E-state index is -0.353. The largest absolute Gasteiger partial charge is 0.504 e. The van der Waals surface area contributed by atoms with Gasteiger partial charge in [0.2, 0.25) is 0 Å². The highest BCUT2D eigenvalue weighted by atomic mass is 16.5. The summed E-state index contributed by atoms with van der Waals surface area (Å²) in [6.07, 6.45) is 4.10. The molecule has 0 bridgehead atoms. The van der Waals surface area contributed by atoms with Gasteiger partial charge in [-0.3, -0.25) is 4.79 Å². The van der Waals surface area contributed by atoms with Crippen molar-refractivity contribution in [2.45, 2.75) is 6.54 Å². The molecule has 0 spiro atoms. The van der Waals surface area contributed by atoms with Crippen LogP contribution in [0.15, 0.2) is 36.0 Å². The maximum absolute atomic E-state index is 11.5. The molecule has 1 aromatic heterocycles. The molecule has 0 radical (unpaired) electrons. The maximum atomic E-state index is 11.5. The number of carbonyl (C=O) groups is 1. The van der Waals surface area contributed by atoms with Crippen LogP contribution in [0.2, 0.25) is 0 Å². The lowest BCUT2D eigenvalue weighted by Crippen LogP contribution is -2.23. The second-order valence-electron chi connectivity index (χ2n) is 3.78. The molecule has 0 aliphatic heterocycles. The third-order valence-electron chi connectivity index (χ3n) is 2.42. The SMILES string of the molecule is COc1cccc(/C=N\NC(=O)Cn2cncn2)c1O. The Hall–Kier alpha value is -2.90. The van der Waals surface area contributed by atoms with Gasteiger partial charge in [0, 0.05) is 5.56 Å². The van der Waals surface area contributed by atoms with Crippen LogP contribution in [0.25, 0.3) is 0 Å². The highest BCUT2D eigenvalue weighted by Crippen LogP contribution is 2.27. The number of methoxy groups -OCH3 is 1. The van der Waals surface area contributed by atoms with Crippen molar-refractivity contribution < 1.29 is 14.6 Å². The first-order valence-corrected chi connectivity index (χ1v) is 5.71. The summed E-state index contributed by atoms with van der Waals surface area (Å²) < 4.78 is 6.33. The molecule has 0 unspecified atom stereocenters. The lowest BCUT2D eigenvalue weighted by atomic mass is 10.2. The van der Waals surface area contributed by atoms with Crippen LogP contribution < -0.4 is 10.2 Å². The van der Waals surface area contributed by atoms with Crippen molar-refractivity contribution in [2.24, 2.45) is 5.10 Å². The fourth-order valence-electron chi connectivity index (χ4n) is 1.48. The first-order chi connectivity index (χ1) is 9.70. The highest BCUT2D eigenvalue weighted by molar-refractivity contribution is 5.86. The minimum absolute atomic E-state index is 0.0153. The topological polar surface area (TPSA) is 102 Å². The van der Waals surface area contributed by atoms with Crippen LogP contribution in [0.5, 0.6) is 11.5 Å². The standard InChI is InChI=1S/C12H13N5O3/c1-20-10-4-2-3-9(12(10)19)5-14-16-11(18)6-17-8-13-7-15-17/h2-5,7-8,19H,6H2,1H3,(H,16,18)/b14-5-. The van der Waals surface area contributed by atoms with Crippen LogP contribution in [0.4, 0.5) is 0 Å². The van der Waals surface area contributed by atoms with Crippen LogP contribution in [0.3, 0.4) is 0 Å². The number of aromatic nitrogens is 3. The Morgan fingerprint density at radius 2 is 2.45 bits per heavy atom. The van der Waals surface area contributed by atoms with Crippen molar-refractivity contribution in [3.63, 3.8) is 0 Å². The predicted molar refractivity (Wildman–Crippen MR) is 70.4 cm³/mol. The van der Waals surface area contributed by atoms with E-state index in [-0.39, 0.29) is 18.2 Å². The number of carbonyl (C=O) groups excluding carboxylic acids is 1. The van der Waals surface area contributed by atoms with E-state index in [1.165, 1.54) is 30.7 Å². The Morgan fingerprint density at radius 1 is 1.60 bits per heavy atom. The van der Waals surface area contributed by atoms with E-state index in [2.05, 4.69) is 20.6 Å². The maximum Gasteiger partial charge on any atom is 0.261 e. The number of hydrogen-bond acceptors (Lipinski definition) is 6. The van der Waals surface area contributed by atoms with Crippen molar-refractivity contribution in [1.29, 1.82) is 0 Å². The monoisotopic (exact) mass is 275 g/mol. The quantitative estimate of drug-likeness (QED) is 0.597. The molecule has 8 heteroatoms. The number of nitrogens with one attached hydrogen (secondary N) is 1. The molecule has 0 aliphatic carbocycles. The molecule has 0 atom stereocenters. The molecule has 0 saturated heterocycles. The lowest BCUT2D eigenvalue weighted by molar-refractivity contribution is -0.121. The van der Waals surface area contributed by atoms with Gasteiger partial charge in [0.1, 0.15) is 19.2 Å². The number of aromatic hydroxyl groups is 1. The number of amides is 1. The molecule has 2 rings (SSSR count). The van der Waals surface area contributed by atoms with Crippen molar-refractivity contribution >= 4 is 12.1 Å². The Morgan fingerprint density at radius 3 is 3.15 bits per heavy atom. The van der Waals surface area contributed by atoms with E-state index >= 15 is 0 Å². The van der Waals surface area contributed by atoms with E-state index in [0.717, 1.165) is 0 Å². The average Bonchev–Trinajstić information content (AvgIpc) is 2.93. The summed E-state index contributed by atoms with van der Waals surface area (Å²) in [5.41, 5.74) is 2.76. The number of phenolic OH excluding ortho intramolecular Hbond substituents is 1. The zero-order valence-electron chi connectivity index (χ0n) is 10.7. The Bertz CT molecular complexity index is 610. The van der Waals surface area contributed by atoms with Gasteiger partial charge >= 0.3 is 0 Å². The molecule has 2 aromatic rings. The van der Waals surface area contributed by atoms with Crippen molar-refractivity contribution in [3.8, 4) is 11.5 Å². The van der Waals surface area contributed by atoms with Crippen LogP contribution in [-0.2, 0) is 11.3 Å². The number of benzene rings is 1.